The quantitative estimate of drug-likeness (QED) is 0.599. The molecule has 0 radical (unpaired) electrons. The van der Waals surface area contributed by atoms with Gasteiger partial charge < -0.3 is 0 Å². The van der Waals surface area contributed by atoms with Crippen LogP contribution >= 0.6 is 27.5 Å². The van der Waals surface area contributed by atoms with Gasteiger partial charge in [-0.15, -0.1) is 11.6 Å². The lowest BCUT2D eigenvalue weighted by Crippen LogP contribution is -1.90. The molecule has 0 aliphatic carbocycles. The number of carbonyl (C=O) groups excluding carboxylic acids is 1. The molecule has 0 aliphatic rings. The van der Waals surface area contributed by atoms with Gasteiger partial charge in [-0.25, -0.2) is 0 Å². The van der Waals surface area contributed by atoms with Crippen LogP contribution in [-0.2, 0) is 6.42 Å². The number of benzene rings is 1. The van der Waals surface area contributed by atoms with Gasteiger partial charge in [-0.05, 0) is 30.5 Å². The largest absolute Gasteiger partial charge is 0.298 e. The first-order valence-corrected chi connectivity index (χ1v) is 5.40. The van der Waals surface area contributed by atoms with Crippen molar-refractivity contribution < 1.29 is 4.79 Å². The monoisotopic (exact) mass is 260 g/mol. The number of aldehydes is 1. The third-order valence-electron chi connectivity index (χ3n) is 1.79. The molecule has 3 heteroatoms. The lowest BCUT2D eigenvalue weighted by molar-refractivity contribution is 0.112. The summed E-state index contributed by atoms with van der Waals surface area (Å²) in [5, 5.41) is 0. The van der Waals surface area contributed by atoms with E-state index in [9.17, 15) is 4.79 Å². The summed E-state index contributed by atoms with van der Waals surface area (Å²) in [6.07, 6.45) is 2.70. The van der Waals surface area contributed by atoms with E-state index in [1.54, 1.807) is 6.07 Å². The molecule has 0 saturated carbocycles. The molecule has 0 atom stereocenters. The van der Waals surface area contributed by atoms with Crippen LogP contribution in [-0.4, -0.2) is 12.2 Å². The van der Waals surface area contributed by atoms with E-state index in [2.05, 4.69) is 15.9 Å². The van der Waals surface area contributed by atoms with E-state index in [4.69, 9.17) is 11.6 Å². The highest BCUT2D eigenvalue weighted by Crippen LogP contribution is 2.19. The van der Waals surface area contributed by atoms with E-state index in [1.807, 2.05) is 12.1 Å². The Morgan fingerprint density at radius 3 is 2.85 bits per heavy atom. The van der Waals surface area contributed by atoms with Crippen molar-refractivity contribution in [1.29, 1.82) is 0 Å². The van der Waals surface area contributed by atoms with Crippen LogP contribution in [0.25, 0.3) is 0 Å². The maximum Gasteiger partial charge on any atom is 0.150 e. The predicted octanol–water partition coefficient (Wildman–Crippen LogP) is 3.43. The van der Waals surface area contributed by atoms with Crippen LogP contribution in [0.2, 0.25) is 0 Å². The molecule has 0 amide bonds. The number of alkyl halides is 1. The van der Waals surface area contributed by atoms with Gasteiger partial charge >= 0.3 is 0 Å². The number of aryl methyl sites for hydroxylation is 1. The molecule has 70 valence electrons. The summed E-state index contributed by atoms with van der Waals surface area (Å²) in [6.45, 7) is 0. The van der Waals surface area contributed by atoms with Crippen LogP contribution in [0, 0.1) is 0 Å². The van der Waals surface area contributed by atoms with Crippen molar-refractivity contribution in [3.05, 3.63) is 33.8 Å². The summed E-state index contributed by atoms with van der Waals surface area (Å²) < 4.78 is 1.04. The van der Waals surface area contributed by atoms with E-state index in [-0.39, 0.29) is 0 Å². The van der Waals surface area contributed by atoms with Gasteiger partial charge in [0.15, 0.2) is 0 Å². The lowest BCUT2D eigenvalue weighted by atomic mass is 10.1. The molecule has 1 aromatic carbocycles. The van der Waals surface area contributed by atoms with Crippen molar-refractivity contribution in [3.8, 4) is 0 Å². The van der Waals surface area contributed by atoms with Crippen molar-refractivity contribution in [2.24, 2.45) is 0 Å². The van der Waals surface area contributed by atoms with Gasteiger partial charge in [0.2, 0.25) is 0 Å². The Balaban J connectivity index is 2.83. The fourth-order valence-electron chi connectivity index (χ4n) is 1.12. The zero-order valence-corrected chi connectivity index (χ0v) is 9.44. The third kappa shape index (κ3) is 3.12. The highest BCUT2D eigenvalue weighted by molar-refractivity contribution is 9.10. The maximum absolute atomic E-state index is 10.5. The van der Waals surface area contributed by atoms with Gasteiger partial charge in [-0.1, -0.05) is 22.0 Å². The number of halogens is 2. The van der Waals surface area contributed by atoms with Crippen molar-refractivity contribution in [3.63, 3.8) is 0 Å². The highest BCUT2D eigenvalue weighted by Gasteiger charge is 2.00. The summed E-state index contributed by atoms with van der Waals surface area (Å²) in [5.74, 6) is 0.651. The molecule has 0 saturated heterocycles. The zero-order chi connectivity index (χ0) is 9.68. The first kappa shape index (κ1) is 10.7. The van der Waals surface area contributed by atoms with Crippen LogP contribution in [0.3, 0.4) is 0 Å². The van der Waals surface area contributed by atoms with Gasteiger partial charge in [0.25, 0.3) is 0 Å². The minimum atomic E-state index is 0.651. The smallest absolute Gasteiger partial charge is 0.150 e. The summed E-state index contributed by atoms with van der Waals surface area (Å²) in [7, 11) is 0. The molecule has 0 heterocycles. The van der Waals surface area contributed by atoms with Crippen LogP contribution in [0.4, 0.5) is 0 Å². The number of hydrogen-bond acceptors (Lipinski definition) is 1. The van der Waals surface area contributed by atoms with E-state index < -0.39 is 0 Å². The van der Waals surface area contributed by atoms with Crippen molar-refractivity contribution in [1.82, 2.24) is 0 Å². The molecule has 0 N–H and O–H groups in total. The summed E-state index contributed by atoms with van der Waals surface area (Å²) in [5.41, 5.74) is 1.86. The lowest BCUT2D eigenvalue weighted by Gasteiger charge is -2.03. The minimum absolute atomic E-state index is 0.651. The predicted molar refractivity (Wildman–Crippen MR) is 58.6 cm³/mol. The average Bonchev–Trinajstić information content (AvgIpc) is 2.17. The molecular formula is C10H10BrClO. The summed E-state index contributed by atoms with van der Waals surface area (Å²) >= 11 is 9.02. The number of rotatable bonds is 4. The topological polar surface area (TPSA) is 17.1 Å². The molecule has 13 heavy (non-hydrogen) atoms. The van der Waals surface area contributed by atoms with Gasteiger partial charge in [0, 0.05) is 15.9 Å². The Bertz CT molecular complexity index is 299. The van der Waals surface area contributed by atoms with E-state index in [0.29, 0.717) is 11.4 Å². The van der Waals surface area contributed by atoms with E-state index in [1.165, 1.54) is 0 Å². The summed E-state index contributed by atoms with van der Waals surface area (Å²) in [4.78, 5) is 10.5. The fourth-order valence-corrected chi connectivity index (χ4v) is 1.70. The number of hydrogen-bond donors (Lipinski definition) is 0. The fraction of sp³-hybridized carbons (Fsp3) is 0.300. The van der Waals surface area contributed by atoms with Crippen molar-refractivity contribution in [2.75, 3.05) is 5.88 Å². The Morgan fingerprint density at radius 2 is 2.23 bits per heavy atom. The van der Waals surface area contributed by atoms with E-state index in [0.717, 1.165) is 29.2 Å². The zero-order valence-electron chi connectivity index (χ0n) is 7.09. The van der Waals surface area contributed by atoms with Crippen molar-refractivity contribution >= 4 is 33.8 Å². The third-order valence-corrected chi connectivity index (χ3v) is 2.83. The van der Waals surface area contributed by atoms with Crippen LogP contribution in [0.1, 0.15) is 22.3 Å². The average molecular weight is 262 g/mol. The molecule has 0 aromatic heterocycles. The molecule has 1 nitrogen and oxygen atoms in total. The first-order chi connectivity index (χ1) is 6.27. The Hall–Kier alpha value is -0.340. The second-order valence-electron chi connectivity index (χ2n) is 2.76. The molecule has 1 rings (SSSR count). The SMILES string of the molecule is O=Cc1ccc(Br)c(CCCCl)c1. The van der Waals surface area contributed by atoms with Crippen LogP contribution < -0.4 is 0 Å². The molecule has 0 unspecified atom stereocenters. The highest BCUT2D eigenvalue weighted by atomic mass is 79.9. The summed E-state index contributed by atoms with van der Waals surface area (Å²) in [6, 6.07) is 5.58. The van der Waals surface area contributed by atoms with Crippen LogP contribution in [0.5, 0.6) is 0 Å². The minimum Gasteiger partial charge on any atom is -0.298 e. The Labute approximate surface area is 91.2 Å². The normalized spacial score (nSPS) is 10.0. The first-order valence-electron chi connectivity index (χ1n) is 4.07. The Kier molecular flexibility index (Phi) is 4.46. The standard InChI is InChI=1S/C10H10BrClO/c11-10-4-3-8(7-13)6-9(10)2-1-5-12/h3-4,6-7H,1-2,5H2. The maximum atomic E-state index is 10.5. The molecule has 0 aliphatic heterocycles. The van der Waals surface area contributed by atoms with Crippen molar-refractivity contribution in [2.45, 2.75) is 12.8 Å². The van der Waals surface area contributed by atoms with Gasteiger partial charge in [-0.2, -0.15) is 0 Å². The van der Waals surface area contributed by atoms with Gasteiger partial charge in [0.1, 0.15) is 6.29 Å². The second kappa shape index (κ2) is 5.40. The molecule has 0 spiro atoms. The van der Waals surface area contributed by atoms with Crippen LogP contribution in [0.15, 0.2) is 22.7 Å². The Morgan fingerprint density at radius 1 is 1.46 bits per heavy atom. The number of carbonyl (C=O) groups is 1. The molecular weight excluding hydrogens is 251 g/mol. The molecule has 0 fully saturated rings. The second-order valence-corrected chi connectivity index (χ2v) is 3.99. The molecule has 1 aromatic rings. The van der Waals surface area contributed by atoms with E-state index >= 15 is 0 Å². The van der Waals surface area contributed by atoms with Gasteiger partial charge in [0.05, 0.1) is 0 Å². The van der Waals surface area contributed by atoms with Gasteiger partial charge in [-0.3, -0.25) is 4.79 Å². The molecule has 0 bridgehead atoms.